The van der Waals surface area contributed by atoms with Crippen LogP contribution in [-0.2, 0) is 4.79 Å². The van der Waals surface area contributed by atoms with Crippen LogP contribution in [-0.4, -0.2) is 28.7 Å². The molecule has 1 unspecified atom stereocenters. The highest BCUT2D eigenvalue weighted by Crippen LogP contribution is 2.13. The number of thioether (sulfide) groups is 1. The summed E-state index contributed by atoms with van der Waals surface area (Å²) in [4.78, 5) is 10.3. The number of carbonyl (C=O) groups is 1. The minimum absolute atomic E-state index is 0.362. The molecule has 1 rings (SSSR count). The number of carboxylic acids is 1. The van der Waals surface area contributed by atoms with E-state index in [4.69, 9.17) is 5.11 Å². The summed E-state index contributed by atoms with van der Waals surface area (Å²) in [7, 11) is 0. The lowest BCUT2D eigenvalue weighted by molar-refractivity contribution is -0.137. The van der Waals surface area contributed by atoms with Crippen molar-refractivity contribution in [1.29, 1.82) is 0 Å². The molecule has 0 aromatic rings. The molecule has 0 amide bonds. The third-order valence-electron chi connectivity index (χ3n) is 1.16. The van der Waals surface area contributed by atoms with Crippen molar-refractivity contribution in [3.63, 3.8) is 0 Å². The Bertz CT molecular complexity index is 112. The predicted molar refractivity (Wildman–Crippen MR) is 36.5 cm³/mol. The van der Waals surface area contributed by atoms with Crippen molar-refractivity contribution < 1.29 is 9.90 Å². The largest absolute Gasteiger partial charge is 0.479 e. The third-order valence-corrected chi connectivity index (χ3v) is 2.39. The minimum atomic E-state index is -0.750. The standard InChI is InChI=1S/C5H9NO2S/c7-5(8)4-6-2-1-3-9-4/h4,6H,1-3H2,(H,7,8). The molecular weight excluding hydrogens is 138 g/mol. The maximum Gasteiger partial charge on any atom is 0.331 e. The predicted octanol–water partition coefficient (Wildman–Crippen LogP) is 0.124. The highest BCUT2D eigenvalue weighted by molar-refractivity contribution is 8.00. The van der Waals surface area contributed by atoms with Crippen LogP contribution in [0.15, 0.2) is 0 Å². The molecule has 0 bridgehead atoms. The monoisotopic (exact) mass is 147 g/mol. The van der Waals surface area contributed by atoms with Gasteiger partial charge in [0.25, 0.3) is 0 Å². The van der Waals surface area contributed by atoms with Gasteiger partial charge in [-0.1, -0.05) is 0 Å². The first-order chi connectivity index (χ1) is 4.30. The van der Waals surface area contributed by atoms with E-state index in [2.05, 4.69) is 5.32 Å². The van der Waals surface area contributed by atoms with E-state index in [0.29, 0.717) is 0 Å². The molecule has 1 aliphatic heterocycles. The van der Waals surface area contributed by atoms with E-state index >= 15 is 0 Å². The van der Waals surface area contributed by atoms with Crippen molar-refractivity contribution in [2.75, 3.05) is 12.3 Å². The fraction of sp³-hybridized carbons (Fsp3) is 0.800. The zero-order valence-corrected chi connectivity index (χ0v) is 5.78. The average Bonchev–Trinajstić information content (AvgIpc) is 1.90. The quantitative estimate of drug-likeness (QED) is 0.553. The van der Waals surface area contributed by atoms with Gasteiger partial charge in [0, 0.05) is 0 Å². The molecule has 9 heavy (non-hydrogen) atoms. The van der Waals surface area contributed by atoms with Crippen LogP contribution in [0.4, 0.5) is 0 Å². The van der Waals surface area contributed by atoms with Gasteiger partial charge in [-0.15, -0.1) is 11.8 Å². The second-order valence-corrected chi connectivity index (χ2v) is 3.11. The van der Waals surface area contributed by atoms with Crippen molar-refractivity contribution in [2.24, 2.45) is 0 Å². The molecule has 52 valence electrons. The maximum atomic E-state index is 10.3. The van der Waals surface area contributed by atoms with E-state index in [1.807, 2.05) is 0 Å². The molecule has 3 nitrogen and oxygen atoms in total. The van der Waals surface area contributed by atoms with Gasteiger partial charge in [0.15, 0.2) is 5.37 Å². The SMILES string of the molecule is O=C(O)C1NCCCS1. The van der Waals surface area contributed by atoms with E-state index in [0.717, 1.165) is 18.7 Å². The van der Waals surface area contributed by atoms with Crippen LogP contribution in [0.3, 0.4) is 0 Å². The second kappa shape index (κ2) is 3.08. The van der Waals surface area contributed by atoms with Gasteiger partial charge in [0.1, 0.15) is 0 Å². The summed E-state index contributed by atoms with van der Waals surface area (Å²) in [5.41, 5.74) is 0. The summed E-state index contributed by atoms with van der Waals surface area (Å²) in [5, 5.41) is 11.0. The molecule has 0 saturated carbocycles. The molecule has 0 radical (unpaired) electrons. The lowest BCUT2D eigenvalue weighted by Gasteiger charge is -2.18. The van der Waals surface area contributed by atoms with Gasteiger partial charge in [-0.05, 0) is 18.7 Å². The third kappa shape index (κ3) is 1.87. The Morgan fingerprint density at radius 2 is 2.56 bits per heavy atom. The number of carboxylic acid groups (broad SMARTS) is 1. The van der Waals surface area contributed by atoms with E-state index in [1.165, 1.54) is 11.8 Å². The van der Waals surface area contributed by atoms with Crippen LogP contribution in [0.5, 0.6) is 0 Å². The summed E-state index contributed by atoms with van der Waals surface area (Å²) in [6.07, 6.45) is 1.08. The molecule has 1 fully saturated rings. The molecule has 1 atom stereocenters. The summed E-state index contributed by atoms with van der Waals surface area (Å²) in [5.74, 6) is 0.212. The lowest BCUT2D eigenvalue weighted by Crippen LogP contribution is -2.38. The molecule has 2 N–H and O–H groups in total. The summed E-state index contributed by atoms with van der Waals surface area (Å²) < 4.78 is 0. The van der Waals surface area contributed by atoms with E-state index in [-0.39, 0.29) is 5.37 Å². The Balaban J connectivity index is 2.31. The van der Waals surface area contributed by atoms with Crippen LogP contribution >= 0.6 is 11.8 Å². The Morgan fingerprint density at radius 3 is 2.89 bits per heavy atom. The zero-order valence-electron chi connectivity index (χ0n) is 4.96. The van der Waals surface area contributed by atoms with Gasteiger partial charge >= 0.3 is 5.97 Å². The highest BCUT2D eigenvalue weighted by atomic mass is 32.2. The molecule has 0 aromatic carbocycles. The van der Waals surface area contributed by atoms with Crippen molar-refractivity contribution in [3.8, 4) is 0 Å². The second-order valence-electron chi connectivity index (χ2n) is 1.90. The van der Waals surface area contributed by atoms with Crippen molar-refractivity contribution in [1.82, 2.24) is 5.32 Å². The summed E-state index contributed by atoms with van der Waals surface area (Å²) in [6.45, 7) is 0.837. The fourth-order valence-electron chi connectivity index (χ4n) is 0.724. The molecule has 1 saturated heterocycles. The van der Waals surface area contributed by atoms with Gasteiger partial charge in [-0.25, -0.2) is 4.79 Å². The van der Waals surface area contributed by atoms with Gasteiger partial charge in [-0.2, -0.15) is 0 Å². The first-order valence-corrected chi connectivity index (χ1v) is 3.93. The minimum Gasteiger partial charge on any atom is -0.479 e. The molecule has 1 aliphatic rings. The fourth-order valence-corrected chi connectivity index (χ4v) is 1.65. The number of rotatable bonds is 1. The van der Waals surface area contributed by atoms with Gasteiger partial charge in [0.05, 0.1) is 0 Å². The Hall–Kier alpha value is -0.220. The van der Waals surface area contributed by atoms with Crippen LogP contribution < -0.4 is 5.32 Å². The molecule has 0 spiro atoms. The molecule has 0 aliphatic carbocycles. The first-order valence-electron chi connectivity index (χ1n) is 2.88. The van der Waals surface area contributed by atoms with Crippen molar-refractivity contribution in [2.45, 2.75) is 11.8 Å². The Kier molecular flexibility index (Phi) is 2.36. The van der Waals surface area contributed by atoms with Gasteiger partial charge in [0.2, 0.25) is 0 Å². The van der Waals surface area contributed by atoms with Gasteiger partial charge in [-0.3, -0.25) is 5.32 Å². The molecular formula is C5H9NO2S. The normalized spacial score (nSPS) is 27.8. The number of hydrogen-bond donors (Lipinski definition) is 2. The number of aliphatic carboxylic acids is 1. The lowest BCUT2D eigenvalue weighted by atomic mass is 10.4. The van der Waals surface area contributed by atoms with E-state index in [9.17, 15) is 4.79 Å². The first kappa shape index (κ1) is 6.89. The van der Waals surface area contributed by atoms with Crippen molar-refractivity contribution in [3.05, 3.63) is 0 Å². The van der Waals surface area contributed by atoms with Crippen LogP contribution in [0, 0.1) is 0 Å². The average molecular weight is 147 g/mol. The maximum absolute atomic E-state index is 10.3. The Morgan fingerprint density at radius 1 is 1.78 bits per heavy atom. The van der Waals surface area contributed by atoms with E-state index < -0.39 is 5.97 Å². The topological polar surface area (TPSA) is 49.3 Å². The van der Waals surface area contributed by atoms with Crippen LogP contribution in [0.1, 0.15) is 6.42 Å². The van der Waals surface area contributed by atoms with Gasteiger partial charge < -0.3 is 5.11 Å². The summed E-state index contributed by atoms with van der Waals surface area (Å²) in [6, 6.07) is 0. The van der Waals surface area contributed by atoms with Crippen LogP contribution in [0.25, 0.3) is 0 Å². The highest BCUT2D eigenvalue weighted by Gasteiger charge is 2.19. The molecule has 0 aromatic heterocycles. The summed E-state index contributed by atoms with van der Waals surface area (Å²) >= 11 is 1.46. The van der Waals surface area contributed by atoms with Crippen LogP contribution in [0.2, 0.25) is 0 Å². The molecule has 1 heterocycles. The molecule has 4 heteroatoms. The van der Waals surface area contributed by atoms with E-state index in [1.54, 1.807) is 0 Å². The van der Waals surface area contributed by atoms with Crippen molar-refractivity contribution >= 4 is 17.7 Å². The number of nitrogens with one attached hydrogen (secondary N) is 1. The Labute approximate surface area is 57.8 Å². The number of hydrogen-bond acceptors (Lipinski definition) is 3. The zero-order chi connectivity index (χ0) is 6.69. The smallest absolute Gasteiger partial charge is 0.331 e.